The first-order chi connectivity index (χ1) is 9.77. The molecule has 2 aromatic rings. The highest BCUT2D eigenvalue weighted by Crippen LogP contribution is 2.29. The molecule has 0 aliphatic heterocycles. The summed E-state index contributed by atoms with van der Waals surface area (Å²) in [6.07, 6.45) is -2.97. The third kappa shape index (κ3) is 3.61. The van der Waals surface area contributed by atoms with Crippen LogP contribution in [0.15, 0.2) is 18.3 Å². The number of aryl methyl sites for hydroxylation is 2. The number of carbonyl (C=O) groups excluding carboxylic acids is 1. The molecule has 1 amide bonds. The van der Waals surface area contributed by atoms with Crippen LogP contribution in [-0.2, 0) is 31.1 Å². The Labute approximate surface area is 118 Å². The van der Waals surface area contributed by atoms with E-state index in [1.807, 2.05) is 0 Å². The summed E-state index contributed by atoms with van der Waals surface area (Å²) in [6.45, 7) is 1.15. The molecule has 2 heterocycles. The van der Waals surface area contributed by atoms with Crippen LogP contribution in [0.1, 0.15) is 17.1 Å². The largest absolute Gasteiger partial charge is 0.433 e. The molecule has 0 spiro atoms. The van der Waals surface area contributed by atoms with E-state index in [9.17, 15) is 18.0 Å². The van der Waals surface area contributed by atoms with Crippen LogP contribution >= 0.6 is 0 Å². The second-order valence-corrected chi connectivity index (χ2v) is 4.55. The minimum absolute atomic E-state index is 0.191. The number of carbonyl (C=O) groups is 1. The second kappa shape index (κ2) is 5.58. The van der Waals surface area contributed by atoms with E-state index >= 15 is 0 Å². The molecule has 9 heteroatoms. The van der Waals surface area contributed by atoms with Gasteiger partial charge in [-0.05, 0) is 19.1 Å². The van der Waals surface area contributed by atoms with Crippen LogP contribution in [0.4, 0.5) is 13.2 Å². The van der Waals surface area contributed by atoms with Crippen molar-refractivity contribution in [2.75, 3.05) is 0 Å². The number of hydrogen-bond acceptors (Lipinski definition) is 3. The zero-order valence-corrected chi connectivity index (χ0v) is 11.5. The maximum Gasteiger partial charge on any atom is 0.433 e. The van der Waals surface area contributed by atoms with Gasteiger partial charge in [-0.1, -0.05) is 0 Å². The quantitative estimate of drug-likeness (QED) is 0.924. The molecule has 114 valence electrons. The summed E-state index contributed by atoms with van der Waals surface area (Å²) < 4.78 is 40.5. The van der Waals surface area contributed by atoms with Crippen molar-refractivity contribution in [2.45, 2.75) is 26.2 Å². The lowest BCUT2D eigenvalue weighted by atomic mass is 10.3. The number of nitrogens with zero attached hydrogens (tertiary/aromatic N) is 4. The van der Waals surface area contributed by atoms with E-state index in [2.05, 4.69) is 15.5 Å². The van der Waals surface area contributed by atoms with Crippen LogP contribution < -0.4 is 5.32 Å². The number of nitrogens with one attached hydrogen (secondary N) is 1. The van der Waals surface area contributed by atoms with Crippen molar-refractivity contribution in [3.8, 4) is 0 Å². The summed E-state index contributed by atoms with van der Waals surface area (Å²) in [4.78, 5) is 11.7. The fourth-order valence-corrected chi connectivity index (χ4v) is 1.85. The highest BCUT2D eigenvalue weighted by molar-refractivity contribution is 5.75. The number of halogens is 3. The van der Waals surface area contributed by atoms with Crippen LogP contribution in [0.5, 0.6) is 0 Å². The first kappa shape index (κ1) is 15.1. The molecule has 0 saturated heterocycles. The SMILES string of the molecule is Cc1cc(C(F)(F)F)n(CC(=O)NCc2ccnn2C)n1. The average molecular weight is 301 g/mol. The maximum atomic E-state index is 12.8. The first-order valence-corrected chi connectivity index (χ1v) is 6.12. The molecule has 21 heavy (non-hydrogen) atoms. The van der Waals surface area contributed by atoms with E-state index in [1.165, 1.54) is 6.92 Å². The fourth-order valence-electron chi connectivity index (χ4n) is 1.85. The molecule has 2 rings (SSSR count). The predicted octanol–water partition coefficient (Wildman–Crippen LogP) is 1.26. The number of rotatable bonds is 4. The predicted molar refractivity (Wildman–Crippen MR) is 67.0 cm³/mol. The molecule has 0 aromatic carbocycles. The first-order valence-electron chi connectivity index (χ1n) is 6.12. The Morgan fingerprint density at radius 3 is 2.71 bits per heavy atom. The van der Waals surface area contributed by atoms with Gasteiger partial charge in [-0.2, -0.15) is 23.4 Å². The van der Waals surface area contributed by atoms with E-state index in [4.69, 9.17) is 0 Å². The lowest BCUT2D eigenvalue weighted by molar-refractivity contribution is -0.144. The van der Waals surface area contributed by atoms with Crippen molar-refractivity contribution in [2.24, 2.45) is 7.05 Å². The maximum absolute atomic E-state index is 12.8. The fraction of sp³-hybridized carbons (Fsp3) is 0.417. The highest BCUT2D eigenvalue weighted by atomic mass is 19.4. The monoisotopic (exact) mass is 301 g/mol. The van der Waals surface area contributed by atoms with Gasteiger partial charge >= 0.3 is 6.18 Å². The Kier molecular flexibility index (Phi) is 4.01. The second-order valence-electron chi connectivity index (χ2n) is 4.55. The van der Waals surface area contributed by atoms with Gasteiger partial charge in [0.15, 0.2) is 0 Å². The number of hydrogen-bond donors (Lipinski definition) is 1. The van der Waals surface area contributed by atoms with E-state index in [0.717, 1.165) is 11.8 Å². The summed E-state index contributed by atoms with van der Waals surface area (Å²) in [7, 11) is 1.71. The number of amides is 1. The summed E-state index contributed by atoms with van der Waals surface area (Å²) in [5.41, 5.74) is 0.0217. The zero-order valence-electron chi connectivity index (χ0n) is 11.5. The van der Waals surface area contributed by atoms with Crippen molar-refractivity contribution in [3.05, 3.63) is 35.4 Å². The molecule has 0 saturated carbocycles. The van der Waals surface area contributed by atoms with Gasteiger partial charge in [0.2, 0.25) is 5.91 Å². The van der Waals surface area contributed by atoms with E-state index in [0.29, 0.717) is 4.68 Å². The molecule has 1 N–H and O–H groups in total. The van der Waals surface area contributed by atoms with Crippen molar-refractivity contribution >= 4 is 5.91 Å². The Hall–Kier alpha value is -2.32. The van der Waals surface area contributed by atoms with E-state index < -0.39 is 24.3 Å². The van der Waals surface area contributed by atoms with Crippen molar-refractivity contribution in [1.82, 2.24) is 24.9 Å². The molecule has 0 bridgehead atoms. The van der Waals surface area contributed by atoms with Crippen molar-refractivity contribution in [3.63, 3.8) is 0 Å². The third-order valence-corrected chi connectivity index (χ3v) is 2.88. The van der Waals surface area contributed by atoms with Gasteiger partial charge in [-0.25, -0.2) is 0 Å². The molecular weight excluding hydrogens is 287 g/mol. The molecule has 6 nitrogen and oxygen atoms in total. The van der Waals surface area contributed by atoms with E-state index in [-0.39, 0.29) is 12.2 Å². The standard InChI is InChI=1S/C12H14F3N5O/c1-8-5-10(12(13,14)15)20(18-8)7-11(21)16-6-9-3-4-17-19(9)2/h3-5H,6-7H2,1-2H3,(H,16,21). The van der Waals surface area contributed by atoms with Crippen LogP contribution in [0, 0.1) is 6.92 Å². The Balaban J connectivity index is 2.02. The van der Waals surface area contributed by atoms with Gasteiger partial charge in [0.05, 0.1) is 17.9 Å². The minimum atomic E-state index is -4.54. The van der Waals surface area contributed by atoms with Crippen LogP contribution in [0.2, 0.25) is 0 Å². The molecule has 2 aromatic heterocycles. The molecule has 0 aliphatic carbocycles. The Morgan fingerprint density at radius 1 is 1.43 bits per heavy atom. The third-order valence-electron chi connectivity index (χ3n) is 2.88. The summed E-state index contributed by atoms with van der Waals surface area (Å²) in [6, 6.07) is 2.62. The van der Waals surface area contributed by atoms with Gasteiger partial charge < -0.3 is 5.32 Å². The molecule has 0 unspecified atom stereocenters. The molecule has 0 fully saturated rings. The average Bonchev–Trinajstić information content (AvgIpc) is 2.92. The molecule has 0 atom stereocenters. The molecular formula is C12H14F3N5O. The van der Waals surface area contributed by atoms with Gasteiger partial charge in [0, 0.05) is 13.2 Å². The summed E-state index contributed by atoms with van der Waals surface area (Å²) in [5.74, 6) is -0.551. The molecule has 0 radical (unpaired) electrons. The Morgan fingerprint density at radius 2 is 2.14 bits per heavy atom. The van der Waals surface area contributed by atoms with Gasteiger partial charge in [0.25, 0.3) is 0 Å². The minimum Gasteiger partial charge on any atom is -0.349 e. The van der Waals surface area contributed by atoms with Gasteiger partial charge in [-0.15, -0.1) is 0 Å². The Bertz CT molecular complexity index is 644. The van der Waals surface area contributed by atoms with Gasteiger partial charge in [-0.3, -0.25) is 14.2 Å². The lowest BCUT2D eigenvalue weighted by Crippen LogP contribution is -2.30. The normalized spacial score (nSPS) is 11.7. The van der Waals surface area contributed by atoms with Gasteiger partial charge in [0.1, 0.15) is 12.2 Å². The highest BCUT2D eigenvalue weighted by Gasteiger charge is 2.35. The van der Waals surface area contributed by atoms with Crippen molar-refractivity contribution < 1.29 is 18.0 Å². The number of alkyl halides is 3. The van der Waals surface area contributed by atoms with Crippen LogP contribution in [-0.4, -0.2) is 25.5 Å². The zero-order chi connectivity index (χ0) is 15.6. The van der Waals surface area contributed by atoms with E-state index in [1.54, 1.807) is 24.0 Å². The summed E-state index contributed by atoms with van der Waals surface area (Å²) >= 11 is 0. The number of aromatic nitrogens is 4. The molecule has 0 aliphatic rings. The van der Waals surface area contributed by atoms with Crippen LogP contribution in [0.3, 0.4) is 0 Å². The smallest absolute Gasteiger partial charge is 0.349 e. The van der Waals surface area contributed by atoms with Crippen LogP contribution in [0.25, 0.3) is 0 Å². The lowest BCUT2D eigenvalue weighted by Gasteiger charge is -2.10. The summed E-state index contributed by atoms with van der Waals surface area (Å²) in [5, 5.41) is 10.2. The van der Waals surface area contributed by atoms with Crippen molar-refractivity contribution in [1.29, 1.82) is 0 Å². The topological polar surface area (TPSA) is 64.7 Å².